The second-order valence-corrected chi connectivity index (χ2v) is 5.77. The van der Waals surface area contributed by atoms with Crippen LogP contribution in [0.15, 0.2) is 12.4 Å². The summed E-state index contributed by atoms with van der Waals surface area (Å²) >= 11 is 0. The number of hydrogen-bond acceptors (Lipinski definition) is 3. The Hall–Kier alpha value is -0.960. The lowest BCUT2D eigenvalue weighted by Crippen LogP contribution is -2.19. The topological polar surface area (TPSA) is 51.8 Å². The van der Waals surface area contributed by atoms with Crippen LogP contribution in [0.2, 0.25) is 0 Å². The van der Waals surface area contributed by atoms with E-state index < -0.39 is 0 Å². The van der Waals surface area contributed by atoms with E-state index >= 15 is 0 Å². The first-order valence-electron chi connectivity index (χ1n) is 7.25. The number of nitrogens with zero attached hydrogens (tertiary/aromatic N) is 2. The first-order chi connectivity index (χ1) is 8.69. The van der Waals surface area contributed by atoms with Crippen molar-refractivity contribution < 1.29 is 0 Å². The van der Waals surface area contributed by atoms with Crippen molar-refractivity contribution in [2.45, 2.75) is 64.3 Å². The lowest BCUT2D eigenvalue weighted by molar-refractivity contribution is 0.307. The molecule has 0 saturated heterocycles. The van der Waals surface area contributed by atoms with Crippen LogP contribution in [0.4, 0.5) is 0 Å². The molecular formula is C15H25N3. The highest BCUT2D eigenvalue weighted by Gasteiger charge is 2.23. The molecule has 18 heavy (non-hydrogen) atoms. The molecular weight excluding hydrogens is 222 g/mol. The minimum absolute atomic E-state index is 0.179. The van der Waals surface area contributed by atoms with Crippen LogP contribution >= 0.6 is 0 Å². The van der Waals surface area contributed by atoms with Gasteiger partial charge in [0.2, 0.25) is 0 Å². The first kappa shape index (κ1) is 13.5. The molecule has 2 N–H and O–H groups in total. The van der Waals surface area contributed by atoms with Crippen LogP contribution in [0, 0.1) is 5.92 Å². The van der Waals surface area contributed by atoms with Crippen molar-refractivity contribution >= 4 is 0 Å². The fourth-order valence-corrected chi connectivity index (χ4v) is 2.95. The van der Waals surface area contributed by atoms with Gasteiger partial charge in [0.25, 0.3) is 0 Å². The van der Waals surface area contributed by atoms with Gasteiger partial charge in [0.1, 0.15) is 5.82 Å². The summed E-state index contributed by atoms with van der Waals surface area (Å²) in [6, 6.07) is 0.179. The smallest absolute Gasteiger partial charge is 0.131 e. The zero-order chi connectivity index (χ0) is 13.0. The van der Waals surface area contributed by atoms with Gasteiger partial charge in [-0.05, 0) is 37.7 Å². The Morgan fingerprint density at radius 2 is 2.06 bits per heavy atom. The molecule has 1 aromatic heterocycles. The van der Waals surface area contributed by atoms with Crippen molar-refractivity contribution in [1.29, 1.82) is 0 Å². The van der Waals surface area contributed by atoms with Crippen LogP contribution in [0.3, 0.4) is 0 Å². The predicted molar refractivity (Wildman–Crippen MR) is 74.4 cm³/mol. The van der Waals surface area contributed by atoms with Gasteiger partial charge in [0.05, 0.1) is 0 Å². The summed E-state index contributed by atoms with van der Waals surface area (Å²) in [4.78, 5) is 9.11. The van der Waals surface area contributed by atoms with E-state index in [1.165, 1.54) is 32.1 Å². The van der Waals surface area contributed by atoms with E-state index in [2.05, 4.69) is 16.9 Å². The average molecular weight is 247 g/mol. The van der Waals surface area contributed by atoms with E-state index in [-0.39, 0.29) is 6.04 Å². The fraction of sp³-hybridized carbons (Fsp3) is 0.733. The zero-order valence-corrected chi connectivity index (χ0v) is 11.6. The highest BCUT2D eigenvalue weighted by atomic mass is 14.9. The van der Waals surface area contributed by atoms with E-state index in [0.717, 1.165) is 23.7 Å². The van der Waals surface area contributed by atoms with Crippen LogP contribution in [0.5, 0.6) is 0 Å². The third-order valence-corrected chi connectivity index (χ3v) is 4.01. The normalized spacial score (nSPS) is 25.9. The largest absolute Gasteiger partial charge is 0.328 e. The molecule has 3 atom stereocenters. The molecule has 0 radical (unpaired) electrons. The molecule has 1 heterocycles. The summed E-state index contributed by atoms with van der Waals surface area (Å²) in [6.45, 7) is 4.31. The highest BCUT2D eigenvalue weighted by Crippen LogP contribution is 2.35. The Labute approximate surface area is 110 Å². The van der Waals surface area contributed by atoms with Gasteiger partial charge in [-0.15, -0.1) is 0 Å². The van der Waals surface area contributed by atoms with E-state index in [0.29, 0.717) is 5.92 Å². The summed E-state index contributed by atoms with van der Waals surface area (Å²) in [5.74, 6) is 2.49. The zero-order valence-electron chi connectivity index (χ0n) is 11.6. The standard InChI is InChI=1S/C15H25N3/c1-3-12-5-4-6-14(8-12)15-17-9-13(10-18-15)7-11(2)16/h9-12,14H,3-8,16H2,1-2H3. The maximum atomic E-state index is 5.79. The van der Waals surface area contributed by atoms with Gasteiger partial charge in [0, 0.05) is 24.4 Å². The second kappa shape index (κ2) is 6.28. The number of aromatic nitrogens is 2. The Balaban J connectivity index is 2.00. The van der Waals surface area contributed by atoms with E-state index in [1.807, 2.05) is 19.3 Å². The molecule has 2 rings (SSSR count). The Bertz CT molecular complexity index is 359. The van der Waals surface area contributed by atoms with Crippen molar-refractivity contribution in [1.82, 2.24) is 9.97 Å². The molecule has 1 saturated carbocycles. The summed E-state index contributed by atoms with van der Waals surface area (Å²) < 4.78 is 0. The SMILES string of the molecule is CCC1CCCC(c2ncc(CC(C)N)cn2)C1. The molecule has 100 valence electrons. The number of rotatable bonds is 4. The first-order valence-corrected chi connectivity index (χ1v) is 7.25. The Morgan fingerprint density at radius 1 is 1.33 bits per heavy atom. The van der Waals surface area contributed by atoms with Crippen molar-refractivity contribution in [2.24, 2.45) is 11.7 Å². The predicted octanol–water partition coefficient (Wildman–Crippen LogP) is 3.05. The van der Waals surface area contributed by atoms with Crippen molar-refractivity contribution in [2.75, 3.05) is 0 Å². The van der Waals surface area contributed by atoms with Crippen molar-refractivity contribution in [3.63, 3.8) is 0 Å². The quantitative estimate of drug-likeness (QED) is 0.889. The second-order valence-electron chi connectivity index (χ2n) is 5.77. The van der Waals surface area contributed by atoms with E-state index in [1.54, 1.807) is 0 Å². The fourth-order valence-electron chi connectivity index (χ4n) is 2.95. The number of hydrogen-bond donors (Lipinski definition) is 1. The molecule has 0 bridgehead atoms. The van der Waals surface area contributed by atoms with Crippen molar-refractivity contribution in [3.05, 3.63) is 23.8 Å². The molecule has 0 aromatic carbocycles. The Kier molecular flexibility index (Phi) is 4.70. The summed E-state index contributed by atoms with van der Waals surface area (Å²) in [6.07, 6.45) is 11.3. The van der Waals surface area contributed by atoms with Crippen LogP contribution in [-0.4, -0.2) is 16.0 Å². The van der Waals surface area contributed by atoms with Gasteiger partial charge in [-0.25, -0.2) is 9.97 Å². The number of nitrogens with two attached hydrogens (primary N) is 1. The average Bonchev–Trinajstić information content (AvgIpc) is 2.39. The third kappa shape index (κ3) is 3.52. The van der Waals surface area contributed by atoms with Crippen molar-refractivity contribution in [3.8, 4) is 0 Å². The van der Waals surface area contributed by atoms with Gasteiger partial charge >= 0.3 is 0 Å². The molecule has 0 spiro atoms. The third-order valence-electron chi connectivity index (χ3n) is 4.01. The molecule has 1 aromatic rings. The summed E-state index contributed by atoms with van der Waals surface area (Å²) in [5, 5.41) is 0. The van der Waals surface area contributed by atoms with Crippen LogP contribution in [-0.2, 0) is 6.42 Å². The molecule has 0 amide bonds. The van der Waals surface area contributed by atoms with Gasteiger partial charge in [-0.1, -0.05) is 26.2 Å². The highest BCUT2D eigenvalue weighted by molar-refractivity contribution is 5.09. The molecule has 3 nitrogen and oxygen atoms in total. The molecule has 1 aliphatic carbocycles. The monoisotopic (exact) mass is 247 g/mol. The summed E-state index contributed by atoms with van der Waals surface area (Å²) in [5.41, 5.74) is 6.94. The molecule has 3 heteroatoms. The molecule has 1 aliphatic rings. The van der Waals surface area contributed by atoms with Crippen LogP contribution in [0.1, 0.15) is 63.3 Å². The van der Waals surface area contributed by atoms with Crippen LogP contribution in [0.25, 0.3) is 0 Å². The van der Waals surface area contributed by atoms with Gasteiger partial charge < -0.3 is 5.73 Å². The van der Waals surface area contributed by atoms with Gasteiger partial charge in [-0.2, -0.15) is 0 Å². The molecule has 1 fully saturated rings. The molecule has 0 aliphatic heterocycles. The van der Waals surface area contributed by atoms with Gasteiger partial charge in [-0.3, -0.25) is 0 Å². The maximum absolute atomic E-state index is 5.79. The molecule has 3 unspecified atom stereocenters. The minimum Gasteiger partial charge on any atom is -0.328 e. The minimum atomic E-state index is 0.179. The lowest BCUT2D eigenvalue weighted by atomic mass is 9.80. The lowest BCUT2D eigenvalue weighted by Gasteiger charge is -2.27. The van der Waals surface area contributed by atoms with Crippen LogP contribution < -0.4 is 5.73 Å². The summed E-state index contributed by atoms with van der Waals surface area (Å²) in [7, 11) is 0. The van der Waals surface area contributed by atoms with E-state index in [4.69, 9.17) is 5.73 Å². The Morgan fingerprint density at radius 3 is 2.67 bits per heavy atom. The van der Waals surface area contributed by atoms with E-state index in [9.17, 15) is 0 Å². The maximum Gasteiger partial charge on any atom is 0.131 e. The van der Waals surface area contributed by atoms with Gasteiger partial charge in [0.15, 0.2) is 0 Å².